The number of guanidine groups is 1. The summed E-state index contributed by atoms with van der Waals surface area (Å²) in [6, 6.07) is 12.5. The molecule has 1 aliphatic heterocycles. The molecule has 0 bridgehead atoms. The Morgan fingerprint density at radius 2 is 2.12 bits per heavy atom. The molecular formula is C20H27IN4O. The zero-order chi connectivity index (χ0) is 17.5. The van der Waals surface area contributed by atoms with Gasteiger partial charge in [-0.2, -0.15) is 0 Å². The van der Waals surface area contributed by atoms with E-state index in [-0.39, 0.29) is 24.0 Å². The lowest BCUT2D eigenvalue weighted by atomic mass is 10.1. The van der Waals surface area contributed by atoms with Crippen LogP contribution in [0.1, 0.15) is 29.4 Å². The average molecular weight is 466 g/mol. The third kappa shape index (κ3) is 5.86. The fraction of sp³-hybridized carbons (Fsp3) is 0.400. The number of nitrogens with zero attached hydrogens (tertiary/aromatic N) is 2. The van der Waals surface area contributed by atoms with Crippen molar-refractivity contribution in [1.29, 1.82) is 0 Å². The number of aromatic nitrogens is 1. The molecule has 2 N–H and O–H groups in total. The molecule has 0 saturated heterocycles. The maximum atomic E-state index is 5.56. The first-order chi connectivity index (χ1) is 12.2. The highest BCUT2D eigenvalue weighted by Gasteiger charge is 2.11. The largest absolute Gasteiger partial charge is 0.493 e. The third-order valence-electron chi connectivity index (χ3n) is 4.15. The van der Waals surface area contributed by atoms with Gasteiger partial charge in [0.15, 0.2) is 5.96 Å². The molecule has 1 aromatic heterocycles. The van der Waals surface area contributed by atoms with Crippen LogP contribution >= 0.6 is 24.0 Å². The number of rotatable bonds is 6. The maximum absolute atomic E-state index is 5.56. The van der Waals surface area contributed by atoms with Crippen LogP contribution in [0.3, 0.4) is 0 Å². The van der Waals surface area contributed by atoms with Crippen molar-refractivity contribution in [2.75, 3.05) is 19.7 Å². The number of benzene rings is 1. The van der Waals surface area contributed by atoms with Crippen LogP contribution in [0, 0.1) is 6.92 Å². The summed E-state index contributed by atoms with van der Waals surface area (Å²) < 4.78 is 5.56. The van der Waals surface area contributed by atoms with Crippen molar-refractivity contribution in [3.8, 4) is 5.75 Å². The highest BCUT2D eigenvalue weighted by Crippen LogP contribution is 2.25. The van der Waals surface area contributed by atoms with Gasteiger partial charge in [0.1, 0.15) is 5.75 Å². The topological polar surface area (TPSA) is 58.5 Å². The van der Waals surface area contributed by atoms with E-state index < -0.39 is 0 Å². The van der Waals surface area contributed by atoms with E-state index in [9.17, 15) is 0 Å². The van der Waals surface area contributed by atoms with Crippen molar-refractivity contribution in [3.63, 3.8) is 0 Å². The SMILES string of the molecule is CCNC(=NCc1cccc(C)n1)NCCc1ccc2c(c1)CCO2.I. The predicted molar refractivity (Wildman–Crippen MR) is 117 cm³/mol. The summed E-state index contributed by atoms with van der Waals surface area (Å²) in [6.45, 7) is 7.13. The summed E-state index contributed by atoms with van der Waals surface area (Å²) in [7, 11) is 0. The fourth-order valence-corrected chi connectivity index (χ4v) is 2.91. The van der Waals surface area contributed by atoms with Crippen LogP contribution in [0.15, 0.2) is 41.4 Å². The number of aryl methyl sites for hydroxylation is 1. The number of nitrogens with one attached hydrogen (secondary N) is 2. The summed E-state index contributed by atoms with van der Waals surface area (Å²) >= 11 is 0. The zero-order valence-corrected chi connectivity index (χ0v) is 17.7. The van der Waals surface area contributed by atoms with Gasteiger partial charge in [0, 0.05) is 25.2 Å². The number of aliphatic imine (C=N–C) groups is 1. The molecule has 5 nitrogen and oxygen atoms in total. The first-order valence-electron chi connectivity index (χ1n) is 8.94. The Morgan fingerprint density at radius 1 is 1.23 bits per heavy atom. The fourth-order valence-electron chi connectivity index (χ4n) is 2.91. The van der Waals surface area contributed by atoms with Crippen molar-refractivity contribution in [2.24, 2.45) is 4.99 Å². The Labute approximate surface area is 172 Å². The van der Waals surface area contributed by atoms with Gasteiger partial charge in [0.25, 0.3) is 0 Å². The second kappa shape index (κ2) is 10.4. The summed E-state index contributed by atoms with van der Waals surface area (Å²) in [5, 5.41) is 6.69. The summed E-state index contributed by atoms with van der Waals surface area (Å²) in [4.78, 5) is 9.12. The molecule has 1 aromatic carbocycles. The molecule has 0 aliphatic carbocycles. The van der Waals surface area contributed by atoms with Crippen molar-refractivity contribution in [3.05, 3.63) is 58.9 Å². The van der Waals surface area contributed by atoms with Gasteiger partial charge in [-0.05, 0) is 49.6 Å². The number of hydrogen-bond acceptors (Lipinski definition) is 3. The number of pyridine rings is 1. The van der Waals surface area contributed by atoms with Crippen LogP contribution in [-0.4, -0.2) is 30.6 Å². The Morgan fingerprint density at radius 3 is 2.92 bits per heavy atom. The first-order valence-corrected chi connectivity index (χ1v) is 8.94. The minimum Gasteiger partial charge on any atom is -0.493 e. The minimum absolute atomic E-state index is 0. The number of halogens is 1. The lowest BCUT2D eigenvalue weighted by molar-refractivity contribution is 0.357. The second-order valence-corrected chi connectivity index (χ2v) is 6.18. The van der Waals surface area contributed by atoms with Gasteiger partial charge in [0.05, 0.1) is 18.8 Å². The molecule has 0 saturated carbocycles. The van der Waals surface area contributed by atoms with Crippen LogP contribution in [0.2, 0.25) is 0 Å². The molecule has 140 valence electrons. The average Bonchev–Trinajstić information content (AvgIpc) is 3.07. The van der Waals surface area contributed by atoms with E-state index in [0.717, 1.165) is 55.6 Å². The van der Waals surface area contributed by atoms with Gasteiger partial charge in [-0.15, -0.1) is 24.0 Å². The van der Waals surface area contributed by atoms with E-state index in [1.54, 1.807) is 0 Å². The van der Waals surface area contributed by atoms with Gasteiger partial charge in [-0.1, -0.05) is 18.2 Å². The molecule has 0 atom stereocenters. The summed E-state index contributed by atoms with van der Waals surface area (Å²) in [5.74, 6) is 1.87. The highest BCUT2D eigenvalue weighted by molar-refractivity contribution is 14.0. The van der Waals surface area contributed by atoms with Crippen LogP contribution in [0.5, 0.6) is 5.75 Å². The standard InChI is InChI=1S/C20H26N4O.HI/c1-3-21-20(23-14-18-6-4-5-15(2)24-18)22-11-9-16-7-8-19-17(13-16)10-12-25-19;/h4-8,13H,3,9-12,14H2,1-2H3,(H2,21,22,23);1H. The Kier molecular flexibility index (Phi) is 8.15. The molecule has 26 heavy (non-hydrogen) atoms. The van der Waals surface area contributed by atoms with Gasteiger partial charge in [0.2, 0.25) is 0 Å². The highest BCUT2D eigenvalue weighted by atomic mass is 127. The van der Waals surface area contributed by atoms with E-state index >= 15 is 0 Å². The first kappa shape index (κ1) is 20.5. The molecule has 0 radical (unpaired) electrons. The summed E-state index contributed by atoms with van der Waals surface area (Å²) in [6.07, 6.45) is 1.98. The van der Waals surface area contributed by atoms with Crippen molar-refractivity contribution >= 4 is 29.9 Å². The molecule has 0 spiro atoms. The molecule has 1 aliphatic rings. The molecule has 3 rings (SSSR count). The van der Waals surface area contributed by atoms with Crippen molar-refractivity contribution in [1.82, 2.24) is 15.6 Å². The quantitative estimate of drug-likeness (QED) is 0.390. The molecule has 6 heteroatoms. The van der Waals surface area contributed by atoms with Crippen molar-refractivity contribution in [2.45, 2.75) is 33.2 Å². The maximum Gasteiger partial charge on any atom is 0.191 e. The van der Waals surface area contributed by atoms with Crippen LogP contribution in [0.25, 0.3) is 0 Å². The number of hydrogen-bond donors (Lipinski definition) is 2. The number of fused-ring (bicyclic) bond motifs is 1. The lowest BCUT2D eigenvalue weighted by Crippen LogP contribution is -2.38. The second-order valence-electron chi connectivity index (χ2n) is 6.18. The minimum atomic E-state index is 0. The third-order valence-corrected chi connectivity index (χ3v) is 4.15. The Bertz CT molecular complexity index is 748. The zero-order valence-electron chi connectivity index (χ0n) is 15.4. The van der Waals surface area contributed by atoms with E-state index in [4.69, 9.17) is 4.74 Å². The molecule has 2 heterocycles. The Balaban J connectivity index is 0.00000243. The number of ether oxygens (including phenoxy) is 1. The van der Waals surface area contributed by atoms with Crippen molar-refractivity contribution < 1.29 is 4.74 Å². The predicted octanol–water partition coefficient (Wildman–Crippen LogP) is 3.24. The van der Waals surface area contributed by atoms with E-state index in [1.807, 2.05) is 25.1 Å². The van der Waals surface area contributed by atoms with Crippen LogP contribution in [-0.2, 0) is 19.4 Å². The van der Waals surface area contributed by atoms with Crippen LogP contribution in [0.4, 0.5) is 0 Å². The van der Waals surface area contributed by atoms with Gasteiger partial charge in [-0.25, -0.2) is 4.99 Å². The smallest absolute Gasteiger partial charge is 0.191 e. The summed E-state index contributed by atoms with van der Waals surface area (Å²) in [5.41, 5.74) is 4.65. The van der Waals surface area contributed by atoms with Crippen LogP contribution < -0.4 is 15.4 Å². The van der Waals surface area contributed by atoms with Gasteiger partial charge in [-0.3, -0.25) is 4.98 Å². The lowest BCUT2D eigenvalue weighted by Gasteiger charge is -2.11. The molecule has 2 aromatic rings. The molecular weight excluding hydrogens is 439 g/mol. The Hall–Kier alpha value is -1.83. The van der Waals surface area contributed by atoms with E-state index in [0.29, 0.717) is 6.54 Å². The monoisotopic (exact) mass is 466 g/mol. The van der Waals surface area contributed by atoms with E-state index in [1.165, 1.54) is 11.1 Å². The van der Waals surface area contributed by atoms with E-state index in [2.05, 4.69) is 45.7 Å². The van der Waals surface area contributed by atoms with Gasteiger partial charge < -0.3 is 15.4 Å². The normalized spacial score (nSPS) is 12.8. The molecule has 0 unspecified atom stereocenters. The molecule has 0 fully saturated rings. The van der Waals surface area contributed by atoms with Gasteiger partial charge >= 0.3 is 0 Å². The molecule has 0 amide bonds.